The van der Waals surface area contributed by atoms with Gasteiger partial charge in [0.05, 0.1) is 22.7 Å². The van der Waals surface area contributed by atoms with Crippen LogP contribution < -0.4 is 9.80 Å². The predicted molar refractivity (Wildman–Crippen MR) is 281 cm³/mol. The van der Waals surface area contributed by atoms with E-state index in [0.717, 1.165) is 88.8 Å². The summed E-state index contributed by atoms with van der Waals surface area (Å²) < 4.78 is 14.4. The molecule has 0 saturated carbocycles. The largest absolute Gasteiger partial charge is 0.454 e. The standard InChI is InChI=1S/C62H52N2O2/c1-37-35-38(2)42-32-34-48-54(64(40-21-13-10-14-22-40)52-30-18-26-46-44-24-16-28-50(62(6,7)8)58(44)66-60(46)52)36-53(47-33-31-41(37)55(42)56(47)48)63(39-19-11-9-12-20-39)51-29-17-25-45-43-23-15-27-49(61(3,4)5)57(43)65-59(45)51/h9-36H,1-8H3. The van der Waals surface area contributed by atoms with Gasteiger partial charge in [0.25, 0.3) is 0 Å². The van der Waals surface area contributed by atoms with Crippen molar-refractivity contribution in [1.82, 2.24) is 0 Å². The Kier molecular flexibility index (Phi) is 8.77. The van der Waals surface area contributed by atoms with Crippen molar-refractivity contribution in [2.45, 2.75) is 66.2 Å². The second-order valence-electron chi connectivity index (χ2n) is 20.2. The first kappa shape index (κ1) is 40.0. The van der Waals surface area contributed by atoms with Crippen LogP contribution in [0.3, 0.4) is 0 Å². The molecular weight excluding hydrogens is 805 g/mol. The van der Waals surface area contributed by atoms with E-state index in [2.05, 4.69) is 235 Å². The van der Waals surface area contributed by atoms with Crippen molar-refractivity contribution >= 4 is 110 Å². The predicted octanol–water partition coefficient (Wildman–Crippen LogP) is 18.5. The summed E-state index contributed by atoms with van der Waals surface area (Å²) >= 11 is 0. The van der Waals surface area contributed by atoms with E-state index in [1.54, 1.807) is 0 Å². The average Bonchev–Trinajstić information content (AvgIpc) is 3.90. The molecule has 4 heteroatoms. The molecule has 0 aliphatic carbocycles. The van der Waals surface area contributed by atoms with Gasteiger partial charge in [-0.05, 0) is 94.4 Å². The van der Waals surface area contributed by atoms with E-state index in [0.29, 0.717) is 0 Å². The maximum Gasteiger partial charge on any atom is 0.159 e. The molecule has 10 aromatic carbocycles. The van der Waals surface area contributed by atoms with Gasteiger partial charge in [0.1, 0.15) is 11.2 Å². The highest BCUT2D eigenvalue weighted by Crippen LogP contribution is 2.53. The molecule has 0 amide bonds. The highest BCUT2D eigenvalue weighted by atomic mass is 16.3. The Morgan fingerprint density at radius 1 is 0.318 bits per heavy atom. The van der Waals surface area contributed by atoms with Gasteiger partial charge in [-0.25, -0.2) is 0 Å². The van der Waals surface area contributed by atoms with Crippen molar-refractivity contribution in [2.75, 3.05) is 9.80 Å². The van der Waals surface area contributed by atoms with Crippen LogP contribution in [0.5, 0.6) is 0 Å². The zero-order valence-electron chi connectivity index (χ0n) is 38.9. The molecule has 322 valence electrons. The van der Waals surface area contributed by atoms with E-state index >= 15 is 0 Å². The number of hydrogen-bond acceptors (Lipinski definition) is 4. The van der Waals surface area contributed by atoms with Crippen LogP contribution in [-0.4, -0.2) is 0 Å². The molecule has 4 nitrogen and oxygen atoms in total. The van der Waals surface area contributed by atoms with Crippen LogP contribution in [0.4, 0.5) is 34.1 Å². The van der Waals surface area contributed by atoms with Crippen LogP contribution in [0.25, 0.3) is 76.2 Å². The minimum atomic E-state index is -0.109. The molecule has 12 rings (SSSR count). The Hall–Kier alpha value is -7.56. The molecule has 2 heterocycles. The molecule has 0 fully saturated rings. The van der Waals surface area contributed by atoms with Crippen LogP contribution >= 0.6 is 0 Å². The Bertz CT molecular complexity index is 3620. The molecule has 0 atom stereocenters. The molecule has 66 heavy (non-hydrogen) atoms. The summed E-state index contributed by atoms with van der Waals surface area (Å²) in [6.45, 7) is 18.0. The van der Waals surface area contributed by atoms with Gasteiger partial charge < -0.3 is 18.6 Å². The van der Waals surface area contributed by atoms with E-state index in [1.165, 1.54) is 43.8 Å². The van der Waals surface area contributed by atoms with Crippen LogP contribution in [0.15, 0.2) is 179 Å². The number of rotatable bonds is 6. The summed E-state index contributed by atoms with van der Waals surface area (Å²) in [6.07, 6.45) is 0. The van der Waals surface area contributed by atoms with Crippen molar-refractivity contribution in [3.8, 4) is 0 Å². The van der Waals surface area contributed by atoms with Gasteiger partial charge in [0.15, 0.2) is 11.2 Å². The molecule has 0 aliphatic rings. The van der Waals surface area contributed by atoms with Crippen molar-refractivity contribution < 1.29 is 8.83 Å². The third kappa shape index (κ3) is 5.97. The van der Waals surface area contributed by atoms with Crippen LogP contribution in [0.1, 0.15) is 63.8 Å². The molecule has 0 bridgehead atoms. The fourth-order valence-electron chi connectivity index (χ4n) is 10.8. The number of nitrogens with zero attached hydrogens (tertiary/aromatic N) is 2. The monoisotopic (exact) mass is 856 g/mol. The zero-order valence-corrected chi connectivity index (χ0v) is 38.9. The van der Waals surface area contributed by atoms with Crippen molar-refractivity contribution in [3.05, 3.63) is 192 Å². The fourth-order valence-corrected chi connectivity index (χ4v) is 10.8. The molecule has 0 unspecified atom stereocenters. The zero-order chi connectivity index (χ0) is 45.2. The summed E-state index contributed by atoms with van der Waals surface area (Å²) in [4.78, 5) is 4.86. The highest BCUT2D eigenvalue weighted by molar-refractivity contribution is 6.30. The van der Waals surface area contributed by atoms with E-state index < -0.39 is 0 Å². The highest BCUT2D eigenvalue weighted by Gasteiger charge is 2.30. The van der Waals surface area contributed by atoms with Crippen molar-refractivity contribution in [1.29, 1.82) is 0 Å². The molecule has 2 aromatic heterocycles. The van der Waals surface area contributed by atoms with E-state index in [1.807, 2.05) is 0 Å². The molecule has 0 spiro atoms. The van der Waals surface area contributed by atoms with Gasteiger partial charge in [-0.3, -0.25) is 0 Å². The number of fused-ring (bicyclic) bond motifs is 6. The first-order valence-electron chi connectivity index (χ1n) is 23.2. The number of furan rings is 2. The van der Waals surface area contributed by atoms with Gasteiger partial charge in [0.2, 0.25) is 0 Å². The molecule has 0 aliphatic heterocycles. The number of hydrogen-bond donors (Lipinski definition) is 0. The van der Waals surface area contributed by atoms with Crippen LogP contribution in [0.2, 0.25) is 0 Å². The third-order valence-corrected chi connectivity index (χ3v) is 13.9. The summed E-state index contributed by atoms with van der Waals surface area (Å²) in [5.41, 5.74) is 14.4. The van der Waals surface area contributed by atoms with E-state index in [4.69, 9.17) is 8.83 Å². The van der Waals surface area contributed by atoms with E-state index in [-0.39, 0.29) is 10.8 Å². The molecule has 0 radical (unpaired) electrons. The van der Waals surface area contributed by atoms with Crippen molar-refractivity contribution in [3.63, 3.8) is 0 Å². The average molecular weight is 857 g/mol. The molecular formula is C62H52N2O2. The number of aryl methyl sites for hydroxylation is 2. The maximum absolute atomic E-state index is 7.18. The lowest BCUT2D eigenvalue weighted by molar-refractivity contribution is 0.572. The van der Waals surface area contributed by atoms with Gasteiger partial charge in [-0.2, -0.15) is 0 Å². The summed E-state index contributed by atoms with van der Waals surface area (Å²) in [5.74, 6) is 0. The Balaban J connectivity index is 1.24. The lowest BCUT2D eigenvalue weighted by atomic mass is 9.86. The quantitative estimate of drug-likeness (QED) is 0.156. The normalized spacial score (nSPS) is 12.5. The van der Waals surface area contributed by atoms with Gasteiger partial charge in [-0.1, -0.05) is 169 Å². The van der Waals surface area contributed by atoms with Gasteiger partial charge in [0, 0.05) is 60.2 Å². The topological polar surface area (TPSA) is 32.8 Å². The number of anilines is 6. The second-order valence-corrected chi connectivity index (χ2v) is 20.2. The SMILES string of the molecule is Cc1cc(C)c2ccc3c(N(c4ccccc4)c4cccc5c4oc4c(C(C)(C)C)cccc45)cc(N(c4ccccc4)c4cccc5c4oc4c(C(C)(C)C)cccc45)c4ccc1c2c43. The summed E-state index contributed by atoms with van der Waals surface area (Å²) in [6, 6.07) is 62.0. The minimum Gasteiger partial charge on any atom is -0.454 e. The molecule has 0 N–H and O–H groups in total. The smallest absolute Gasteiger partial charge is 0.159 e. The van der Waals surface area contributed by atoms with Gasteiger partial charge in [-0.15, -0.1) is 0 Å². The molecule has 0 saturated heterocycles. The second kappa shape index (κ2) is 14.5. The molecule has 12 aromatic rings. The number of para-hydroxylation sites is 6. The van der Waals surface area contributed by atoms with E-state index in [9.17, 15) is 0 Å². The van der Waals surface area contributed by atoms with Gasteiger partial charge >= 0.3 is 0 Å². The summed E-state index contributed by atoms with van der Waals surface area (Å²) in [5, 5.41) is 11.8. The van der Waals surface area contributed by atoms with Crippen LogP contribution in [0, 0.1) is 13.8 Å². The lowest BCUT2D eigenvalue weighted by Crippen LogP contribution is -2.15. The van der Waals surface area contributed by atoms with Crippen LogP contribution in [-0.2, 0) is 10.8 Å². The Morgan fingerprint density at radius 3 is 1.09 bits per heavy atom. The Morgan fingerprint density at radius 2 is 0.682 bits per heavy atom. The first-order chi connectivity index (χ1) is 31.9. The third-order valence-electron chi connectivity index (χ3n) is 13.9. The maximum atomic E-state index is 7.18. The van der Waals surface area contributed by atoms with Crippen molar-refractivity contribution in [2.24, 2.45) is 0 Å². The fraction of sp³-hybridized carbons (Fsp3) is 0.161. The minimum absolute atomic E-state index is 0.109. The summed E-state index contributed by atoms with van der Waals surface area (Å²) in [7, 11) is 0. The lowest BCUT2D eigenvalue weighted by Gasteiger charge is -2.32. The first-order valence-corrected chi connectivity index (χ1v) is 23.2. The number of benzene rings is 10. The Labute approximate surface area is 385 Å².